The van der Waals surface area contributed by atoms with Gasteiger partial charge in [0.15, 0.2) is 0 Å². The van der Waals surface area contributed by atoms with Gasteiger partial charge in [0.1, 0.15) is 0 Å². The normalized spacial score (nSPS) is 12.3. The van der Waals surface area contributed by atoms with Crippen LogP contribution in [0.2, 0.25) is 0 Å². The first kappa shape index (κ1) is 34.1. The topological polar surface area (TPSA) is 3.24 Å². The minimum absolute atomic E-state index is 0.781. The van der Waals surface area contributed by atoms with E-state index in [0.717, 1.165) is 19.4 Å². The van der Waals surface area contributed by atoms with Crippen molar-refractivity contribution < 1.29 is 0 Å². The van der Waals surface area contributed by atoms with Crippen molar-refractivity contribution in [2.45, 2.75) is 19.4 Å². The number of nitrogens with zero attached hydrogens (tertiary/aromatic N) is 1. The maximum absolute atomic E-state index is 2.47. The average Bonchev–Trinajstić information content (AvgIpc) is 4.12. The summed E-state index contributed by atoms with van der Waals surface area (Å²) in [6, 6.07) is 76.2. The fraction of sp³-hybridized carbons (Fsp3) is 0.0526. The molecule has 0 bridgehead atoms. The SMILES string of the molecule is C1=C(Cc2ccccc2N(Cc2ccc(-c3ccc4c(-c5cccc6ccccc56)c5ccccc5c(-c5cccc6ccccc56)c4c3)cc2)c2ccccc2)C1. The number of hydrogen-bond acceptors (Lipinski definition) is 1. The van der Waals surface area contributed by atoms with Gasteiger partial charge in [0.2, 0.25) is 0 Å². The molecule has 0 saturated carbocycles. The Morgan fingerprint density at radius 3 is 1.57 bits per heavy atom. The van der Waals surface area contributed by atoms with Crippen LogP contribution in [0.1, 0.15) is 17.5 Å². The molecule has 0 fully saturated rings. The van der Waals surface area contributed by atoms with E-state index in [1.807, 2.05) is 0 Å². The minimum atomic E-state index is 0.781. The monoisotopic (exact) mass is 739 g/mol. The standard InChI is InChI=1S/C57H41N/c1-2-19-46(20-3-1)58(55-27-11-6-16-45(55)36-39-28-29-39)38-40-30-32-41(33-31-40)44-34-35-53-54(37-44)57(50-26-13-18-43-15-5-8-22-48(43)50)52-24-10-9-23-51(52)56(53)49-25-12-17-42-14-4-7-21-47(42)49/h1-28,30-35,37H,29,36,38H2. The summed E-state index contributed by atoms with van der Waals surface area (Å²) >= 11 is 0. The van der Waals surface area contributed by atoms with Gasteiger partial charge in [-0.3, -0.25) is 0 Å². The molecule has 0 unspecified atom stereocenters. The fourth-order valence-electron chi connectivity index (χ4n) is 9.12. The van der Waals surface area contributed by atoms with Gasteiger partial charge in [-0.05, 0) is 125 Å². The second-order valence-corrected chi connectivity index (χ2v) is 15.6. The van der Waals surface area contributed by atoms with Crippen LogP contribution >= 0.6 is 0 Å². The van der Waals surface area contributed by atoms with E-state index < -0.39 is 0 Å². The number of rotatable bonds is 9. The molecule has 0 aromatic heterocycles. The van der Waals surface area contributed by atoms with Crippen LogP contribution in [0.15, 0.2) is 218 Å². The van der Waals surface area contributed by atoms with Gasteiger partial charge in [-0.2, -0.15) is 0 Å². The first-order valence-corrected chi connectivity index (χ1v) is 20.4. The maximum atomic E-state index is 2.47. The highest BCUT2D eigenvalue weighted by molar-refractivity contribution is 6.25. The highest BCUT2D eigenvalue weighted by atomic mass is 15.1. The molecule has 10 aromatic rings. The Hall–Kier alpha value is -7.22. The Balaban J connectivity index is 1.07. The predicted octanol–water partition coefficient (Wildman–Crippen LogP) is 15.5. The fourth-order valence-corrected chi connectivity index (χ4v) is 9.12. The highest BCUT2D eigenvalue weighted by Gasteiger charge is 2.21. The lowest BCUT2D eigenvalue weighted by molar-refractivity contribution is 0.961. The lowest BCUT2D eigenvalue weighted by atomic mass is 9.83. The van der Waals surface area contributed by atoms with Crippen LogP contribution in [0.3, 0.4) is 0 Å². The summed E-state index contributed by atoms with van der Waals surface area (Å²) in [5, 5.41) is 10.1. The van der Waals surface area contributed by atoms with Crippen LogP contribution in [0, 0.1) is 0 Å². The summed E-state index contributed by atoms with van der Waals surface area (Å²) in [6.07, 6.45) is 4.49. The van der Waals surface area contributed by atoms with Gasteiger partial charge in [-0.1, -0.05) is 194 Å². The molecule has 1 heteroatoms. The van der Waals surface area contributed by atoms with E-state index in [1.54, 1.807) is 0 Å². The summed E-state index contributed by atoms with van der Waals surface area (Å²) < 4.78 is 0. The second kappa shape index (κ2) is 14.4. The van der Waals surface area contributed by atoms with Crippen molar-refractivity contribution in [2.75, 3.05) is 4.90 Å². The molecule has 1 aliphatic rings. The molecule has 0 heterocycles. The van der Waals surface area contributed by atoms with Crippen molar-refractivity contribution in [3.63, 3.8) is 0 Å². The lowest BCUT2D eigenvalue weighted by Gasteiger charge is -2.27. The van der Waals surface area contributed by atoms with E-state index in [9.17, 15) is 0 Å². The van der Waals surface area contributed by atoms with E-state index in [4.69, 9.17) is 0 Å². The van der Waals surface area contributed by atoms with Crippen molar-refractivity contribution in [2.24, 2.45) is 0 Å². The Morgan fingerprint density at radius 2 is 0.914 bits per heavy atom. The van der Waals surface area contributed by atoms with E-state index in [-0.39, 0.29) is 0 Å². The molecule has 0 atom stereocenters. The average molecular weight is 740 g/mol. The molecule has 1 nitrogen and oxygen atoms in total. The van der Waals surface area contributed by atoms with E-state index in [1.165, 1.54) is 105 Å². The minimum Gasteiger partial charge on any atom is -0.337 e. The molecule has 58 heavy (non-hydrogen) atoms. The first-order chi connectivity index (χ1) is 28.8. The molecule has 0 aliphatic heterocycles. The summed E-state index contributed by atoms with van der Waals surface area (Å²) in [4.78, 5) is 2.47. The van der Waals surface area contributed by atoms with Crippen LogP contribution in [0.25, 0.3) is 76.5 Å². The number of benzene rings is 10. The largest absolute Gasteiger partial charge is 0.337 e. The van der Waals surface area contributed by atoms with Crippen molar-refractivity contribution in [1.29, 1.82) is 0 Å². The van der Waals surface area contributed by atoms with Gasteiger partial charge in [0, 0.05) is 17.9 Å². The summed E-state index contributed by atoms with van der Waals surface area (Å²) in [7, 11) is 0. The van der Waals surface area contributed by atoms with Crippen molar-refractivity contribution in [3.05, 3.63) is 229 Å². The zero-order valence-corrected chi connectivity index (χ0v) is 32.3. The number of hydrogen-bond donors (Lipinski definition) is 0. The van der Waals surface area contributed by atoms with Crippen LogP contribution in [-0.4, -0.2) is 0 Å². The Kier molecular flexibility index (Phi) is 8.44. The number of fused-ring (bicyclic) bond motifs is 4. The van der Waals surface area contributed by atoms with Gasteiger partial charge in [0.05, 0.1) is 0 Å². The number of anilines is 2. The molecule has 1 aliphatic carbocycles. The molecule has 0 amide bonds. The summed E-state index contributed by atoms with van der Waals surface area (Å²) in [5.74, 6) is 0. The molecule has 10 aromatic carbocycles. The molecule has 0 spiro atoms. The van der Waals surface area contributed by atoms with Gasteiger partial charge in [0.25, 0.3) is 0 Å². The van der Waals surface area contributed by atoms with Gasteiger partial charge < -0.3 is 4.90 Å². The van der Waals surface area contributed by atoms with Crippen LogP contribution < -0.4 is 4.90 Å². The molecule has 0 radical (unpaired) electrons. The summed E-state index contributed by atoms with van der Waals surface area (Å²) in [5.41, 5.74) is 14.2. The molecule has 11 rings (SSSR count). The Bertz CT molecular complexity index is 3180. The van der Waals surface area contributed by atoms with Crippen molar-refractivity contribution in [3.8, 4) is 33.4 Å². The van der Waals surface area contributed by atoms with E-state index >= 15 is 0 Å². The molecule has 0 saturated heterocycles. The number of para-hydroxylation sites is 2. The first-order valence-electron chi connectivity index (χ1n) is 20.4. The zero-order valence-electron chi connectivity index (χ0n) is 32.3. The van der Waals surface area contributed by atoms with Gasteiger partial charge in [-0.25, -0.2) is 0 Å². The predicted molar refractivity (Wildman–Crippen MR) is 248 cm³/mol. The third-order valence-corrected chi connectivity index (χ3v) is 12.0. The van der Waals surface area contributed by atoms with E-state index in [0.29, 0.717) is 0 Å². The lowest BCUT2D eigenvalue weighted by Crippen LogP contribution is -2.18. The van der Waals surface area contributed by atoms with E-state index in [2.05, 4.69) is 217 Å². The second-order valence-electron chi connectivity index (χ2n) is 15.6. The van der Waals surface area contributed by atoms with Crippen LogP contribution in [0.4, 0.5) is 11.4 Å². The molecule has 0 N–H and O–H groups in total. The quantitative estimate of drug-likeness (QED) is 0.105. The van der Waals surface area contributed by atoms with Crippen LogP contribution in [-0.2, 0) is 13.0 Å². The smallest absolute Gasteiger partial charge is 0.0481 e. The van der Waals surface area contributed by atoms with Crippen LogP contribution in [0.5, 0.6) is 0 Å². The van der Waals surface area contributed by atoms with Crippen molar-refractivity contribution in [1.82, 2.24) is 0 Å². The van der Waals surface area contributed by atoms with Crippen molar-refractivity contribution >= 4 is 54.5 Å². The zero-order chi connectivity index (χ0) is 38.4. The molecular formula is C57H41N. The van der Waals surface area contributed by atoms with Gasteiger partial charge in [-0.15, -0.1) is 0 Å². The Morgan fingerprint density at radius 1 is 0.397 bits per heavy atom. The highest BCUT2D eigenvalue weighted by Crippen LogP contribution is 2.47. The summed E-state index contributed by atoms with van der Waals surface area (Å²) in [6.45, 7) is 0.781. The Labute approximate surface area is 339 Å². The maximum Gasteiger partial charge on any atom is 0.0481 e. The third-order valence-electron chi connectivity index (χ3n) is 12.0. The number of allylic oxidation sites excluding steroid dienone is 2. The third kappa shape index (κ3) is 6.13. The molecular weight excluding hydrogens is 699 g/mol. The molecule has 274 valence electrons. The van der Waals surface area contributed by atoms with Gasteiger partial charge >= 0.3 is 0 Å².